The monoisotopic (exact) mass is 261 g/mol. The molecule has 1 aromatic rings. The second-order valence-electron chi connectivity index (χ2n) is 5.75. The average Bonchev–Trinajstić information content (AvgIpc) is 2.42. The number of hydrogen-bond acceptors (Lipinski definition) is 2. The first-order chi connectivity index (χ1) is 9.20. The third kappa shape index (κ3) is 3.97. The van der Waals surface area contributed by atoms with E-state index < -0.39 is 0 Å². The molecule has 1 aliphatic rings. The van der Waals surface area contributed by atoms with Crippen LogP contribution < -0.4 is 10.1 Å². The summed E-state index contributed by atoms with van der Waals surface area (Å²) in [5, 5.41) is 3.64. The minimum absolute atomic E-state index is 0.336. The van der Waals surface area contributed by atoms with Crippen molar-refractivity contribution >= 4 is 0 Å². The first-order valence-corrected chi connectivity index (χ1v) is 7.68. The van der Waals surface area contributed by atoms with E-state index in [2.05, 4.69) is 44.3 Å². The summed E-state index contributed by atoms with van der Waals surface area (Å²) in [6.45, 7) is 7.60. The van der Waals surface area contributed by atoms with E-state index in [4.69, 9.17) is 4.74 Å². The van der Waals surface area contributed by atoms with Crippen LogP contribution in [0.4, 0.5) is 0 Å². The van der Waals surface area contributed by atoms with Crippen molar-refractivity contribution < 1.29 is 4.74 Å². The van der Waals surface area contributed by atoms with Crippen LogP contribution in [0.15, 0.2) is 18.2 Å². The zero-order valence-corrected chi connectivity index (χ0v) is 12.5. The number of aryl methyl sites for hydroxylation is 2. The highest BCUT2D eigenvalue weighted by Gasteiger charge is 2.26. The number of ether oxygens (including phenoxy) is 1. The Bertz CT molecular complexity index is 402. The van der Waals surface area contributed by atoms with Crippen LogP contribution in [0, 0.1) is 13.8 Å². The van der Waals surface area contributed by atoms with Gasteiger partial charge in [-0.15, -0.1) is 0 Å². The molecule has 2 atom stereocenters. The quantitative estimate of drug-likeness (QED) is 0.865. The molecule has 0 aliphatic heterocycles. The molecule has 1 fully saturated rings. The average molecular weight is 261 g/mol. The van der Waals surface area contributed by atoms with Crippen molar-refractivity contribution in [2.45, 2.75) is 65.0 Å². The second kappa shape index (κ2) is 6.95. The lowest BCUT2D eigenvalue weighted by Gasteiger charge is -2.32. The van der Waals surface area contributed by atoms with Gasteiger partial charge in [-0.25, -0.2) is 0 Å². The number of nitrogens with one attached hydrogen (secondary N) is 1. The molecule has 0 radical (unpaired) electrons. The van der Waals surface area contributed by atoms with Gasteiger partial charge in [0.15, 0.2) is 0 Å². The van der Waals surface area contributed by atoms with Gasteiger partial charge >= 0.3 is 0 Å². The molecule has 0 bridgehead atoms. The summed E-state index contributed by atoms with van der Waals surface area (Å²) in [7, 11) is 0. The maximum Gasteiger partial charge on any atom is 0.120 e. The van der Waals surface area contributed by atoms with Crippen molar-refractivity contribution in [3.63, 3.8) is 0 Å². The van der Waals surface area contributed by atoms with Crippen LogP contribution in [0.3, 0.4) is 0 Å². The Kier molecular flexibility index (Phi) is 5.26. The molecule has 1 aliphatic carbocycles. The predicted octanol–water partition coefficient (Wildman–Crippen LogP) is 3.99. The van der Waals surface area contributed by atoms with Gasteiger partial charge < -0.3 is 10.1 Å². The van der Waals surface area contributed by atoms with Crippen molar-refractivity contribution in [3.05, 3.63) is 29.3 Å². The van der Waals surface area contributed by atoms with Gasteiger partial charge in [-0.2, -0.15) is 0 Å². The molecule has 2 nitrogen and oxygen atoms in total. The van der Waals surface area contributed by atoms with E-state index in [0.29, 0.717) is 12.1 Å². The van der Waals surface area contributed by atoms with Crippen molar-refractivity contribution in [1.29, 1.82) is 0 Å². The van der Waals surface area contributed by atoms with Crippen LogP contribution in [0.5, 0.6) is 5.75 Å². The Hall–Kier alpha value is -1.02. The molecular formula is C17H27NO. The van der Waals surface area contributed by atoms with Crippen molar-refractivity contribution in [1.82, 2.24) is 5.32 Å². The lowest BCUT2D eigenvalue weighted by molar-refractivity contribution is 0.114. The Balaban J connectivity index is 1.99. The summed E-state index contributed by atoms with van der Waals surface area (Å²) in [5.41, 5.74) is 2.64. The molecule has 1 aromatic carbocycles. The fourth-order valence-electron chi connectivity index (χ4n) is 2.76. The maximum absolute atomic E-state index is 6.24. The molecule has 2 heteroatoms. The fourth-order valence-corrected chi connectivity index (χ4v) is 2.76. The van der Waals surface area contributed by atoms with E-state index >= 15 is 0 Å². The summed E-state index contributed by atoms with van der Waals surface area (Å²) in [5.74, 6) is 1.03. The van der Waals surface area contributed by atoms with Gasteiger partial charge in [0.2, 0.25) is 0 Å². The van der Waals surface area contributed by atoms with E-state index in [0.717, 1.165) is 12.3 Å². The summed E-state index contributed by atoms with van der Waals surface area (Å²) in [6, 6.07) is 6.95. The molecular weight excluding hydrogens is 234 g/mol. The normalized spacial score (nSPS) is 23.3. The Labute approximate surface area is 117 Å². The van der Waals surface area contributed by atoms with Crippen LogP contribution in [-0.4, -0.2) is 18.7 Å². The van der Waals surface area contributed by atoms with Gasteiger partial charge in [0.25, 0.3) is 0 Å². The molecule has 1 N–H and O–H groups in total. The van der Waals surface area contributed by atoms with Crippen molar-refractivity contribution in [2.24, 2.45) is 0 Å². The Morgan fingerprint density at radius 3 is 2.68 bits per heavy atom. The van der Waals surface area contributed by atoms with Crippen LogP contribution in [-0.2, 0) is 0 Å². The number of hydrogen-bond donors (Lipinski definition) is 1. The number of benzene rings is 1. The molecule has 19 heavy (non-hydrogen) atoms. The third-order valence-electron chi connectivity index (χ3n) is 4.12. The predicted molar refractivity (Wildman–Crippen MR) is 80.9 cm³/mol. The van der Waals surface area contributed by atoms with Gasteiger partial charge in [0, 0.05) is 6.04 Å². The summed E-state index contributed by atoms with van der Waals surface area (Å²) >= 11 is 0. The van der Waals surface area contributed by atoms with Gasteiger partial charge in [-0.05, 0) is 69.3 Å². The van der Waals surface area contributed by atoms with Crippen molar-refractivity contribution in [3.8, 4) is 5.75 Å². The van der Waals surface area contributed by atoms with Crippen LogP contribution in [0.1, 0.15) is 50.2 Å². The molecule has 0 amide bonds. The largest absolute Gasteiger partial charge is 0.489 e. The van der Waals surface area contributed by atoms with Crippen LogP contribution in [0.25, 0.3) is 0 Å². The van der Waals surface area contributed by atoms with E-state index in [1.165, 1.54) is 43.2 Å². The van der Waals surface area contributed by atoms with Crippen molar-refractivity contribution in [2.75, 3.05) is 6.54 Å². The fraction of sp³-hybridized carbons (Fsp3) is 0.647. The minimum atomic E-state index is 0.336. The summed E-state index contributed by atoms with van der Waals surface area (Å²) < 4.78 is 6.24. The van der Waals surface area contributed by atoms with E-state index in [1.807, 2.05) is 0 Å². The highest BCUT2D eigenvalue weighted by Crippen LogP contribution is 2.25. The lowest BCUT2D eigenvalue weighted by Crippen LogP contribution is -2.45. The molecule has 0 heterocycles. The first-order valence-electron chi connectivity index (χ1n) is 7.68. The van der Waals surface area contributed by atoms with Crippen LogP contribution in [0.2, 0.25) is 0 Å². The second-order valence-corrected chi connectivity index (χ2v) is 5.75. The summed E-state index contributed by atoms with van der Waals surface area (Å²) in [4.78, 5) is 0. The van der Waals surface area contributed by atoms with E-state index in [9.17, 15) is 0 Å². The molecule has 2 rings (SSSR count). The van der Waals surface area contributed by atoms with E-state index in [1.54, 1.807) is 0 Å². The van der Waals surface area contributed by atoms with Crippen LogP contribution >= 0.6 is 0 Å². The molecule has 1 saturated carbocycles. The maximum atomic E-state index is 6.24. The highest BCUT2D eigenvalue weighted by atomic mass is 16.5. The lowest BCUT2D eigenvalue weighted by atomic mass is 9.92. The SMILES string of the molecule is CCCNC1CCCCC1Oc1ccc(C)c(C)c1. The molecule has 106 valence electrons. The Morgan fingerprint density at radius 2 is 1.95 bits per heavy atom. The standard InChI is InChI=1S/C17H27NO/c1-4-11-18-16-7-5-6-8-17(16)19-15-10-9-13(2)14(3)12-15/h9-10,12,16-18H,4-8,11H2,1-3H3. The highest BCUT2D eigenvalue weighted by molar-refractivity contribution is 5.34. The first kappa shape index (κ1) is 14.4. The third-order valence-corrected chi connectivity index (χ3v) is 4.12. The molecule has 2 unspecified atom stereocenters. The molecule has 0 spiro atoms. The smallest absolute Gasteiger partial charge is 0.120 e. The van der Waals surface area contributed by atoms with Gasteiger partial charge in [0.05, 0.1) is 0 Å². The number of rotatable bonds is 5. The zero-order chi connectivity index (χ0) is 13.7. The van der Waals surface area contributed by atoms with Gasteiger partial charge in [0.1, 0.15) is 11.9 Å². The van der Waals surface area contributed by atoms with Gasteiger partial charge in [-0.1, -0.05) is 19.4 Å². The van der Waals surface area contributed by atoms with E-state index in [-0.39, 0.29) is 0 Å². The zero-order valence-electron chi connectivity index (χ0n) is 12.5. The molecule has 0 aromatic heterocycles. The summed E-state index contributed by atoms with van der Waals surface area (Å²) in [6.07, 6.45) is 6.56. The molecule has 0 saturated heterocycles. The topological polar surface area (TPSA) is 21.3 Å². The Morgan fingerprint density at radius 1 is 1.16 bits per heavy atom. The van der Waals surface area contributed by atoms with Gasteiger partial charge in [-0.3, -0.25) is 0 Å². The minimum Gasteiger partial charge on any atom is -0.489 e.